The van der Waals surface area contributed by atoms with Crippen LogP contribution in [0.5, 0.6) is 0 Å². The van der Waals surface area contributed by atoms with Gasteiger partial charge in [-0.1, -0.05) is 266 Å². The molecule has 362 valence electrons. The van der Waals surface area contributed by atoms with Crippen molar-refractivity contribution in [2.45, 2.75) is 310 Å². The van der Waals surface area contributed by atoms with Gasteiger partial charge in [0, 0.05) is 19.3 Å². The molecule has 0 aliphatic rings. The summed E-state index contributed by atoms with van der Waals surface area (Å²) in [6.45, 7) is 11.4. The van der Waals surface area contributed by atoms with Gasteiger partial charge in [0.05, 0.1) is 0 Å². The Hall–Kier alpha value is -1.59. The van der Waals surface area contributed by atoms with Gasteiger partial charge in [-0.25, -0.2) is 0 Å². The maximum atomic E-state index is 12.8. The SMILES string of the molecule is CCCCCCCCCCCCC(=O)O[C@H](COC(=O)CCCCCCCCCCCCCCCCCCC(C)C)COC(=O)CCCCCCCCCCCCCC(C)C. The molecule has 1 atom stereocenters. The van der Waals surface area contributed by atoms with Crippen molar-refractivity contribution in [1.82, 2.24) is 0 Å². The van der Waals surface area contributed by atoms with E-state index in [0.717, 1.165) is 69.6 Å². The molecule has 0 heterocycles. The van der Waals surface area contributed by atoms with Crippen LogP contribution in [0.1, 0.15) is 304 Å². The molecule has 0 aliphatic carbocycles. The third-order valence-corrected chi connectivity index (χ3v) is 12.5. The van der Waals surface area contributed by atoms with E-state index in [4.69, 9.17) is 14.2 Å². The van der Waals surface area contributed by atoms with Gasteiger partial charge in [-0.2, -0.15) is 0 Å². The van der Waals surface area contributed by atoms with Crippen LogP contribution < -0.4 is 0 Å². The number of carbonyl (C=O) groups is 3. The molecule has 0 saturated carbocycles. The van der Waals surface area contributed by atoms with E-state index in [0.29, 0.717) is 19.3 Å². The summed E-state index contributed by atoms with van der Waals surface area (Å²) < 4.78 is 16.8. The van der Waals surface area contributed by atoms with E-state index in [1.165, 1.54) is 193 Å². The number of rotatable bonds is 49. The summed E-state index contributed by atoms with van der Waals surface area (Å²) in [7, 11) is 0. The van der Waals surface area contributed by atoms with Crippen LogP contribution in [-0.2, 0) is 28.6 Å². The Bertz CT molecular complexity index is 931. The molecule has 0 aromatic rings. The van der Waals surface area contributed by atoms with Gasteiger partial charge in [0.25, 0.3) is 0 Å². The van der Waals surface area contributed by atoms with Crippen LogP contribution in [0, 0.1) is 11.8 Å². The predicted octanol–water partition coefficient (Wildman–Crippen LogP) is 17.7. The molecule has 6 nitrogen and oxygen atoms in total. The second kappa shape index (κ2) is 47.9. The molecule has 0 bridgehead atoms. The lowest BCUT2D eigenvalue weighted by Crippen LogP contribution is -2.30. The minimum absolute atomic E-state index is 0.0632. The first-order valence-electron chi connectivity index (χ1n) is 27.2. The van der Waals surface area contributed by atoms with Crippen LogP contribution in [0.2, 0.25) is 0 Å². The first-order valence-corrected chi connectivity index (χ1v) is 27.2. The van der Waals surface area contributed by atoms with E-state index in [1.807, 2.05) is 0 Å². The summed E-state index contributed by atoms with van der Waals surface area (Å²) >= 11 is 0. The highest BCUT2D eigenvalue weighted by molar-refractivity contribution is 5.71. The van der Waals surface area contributed by atoms with E-state index < -0.39 is 6.10 Å². The molecule has 0 aliphatic heterocycles. The molecule has 0 aromatic heterocycles. The molecule has 0 amide bonds. The summed E-state index contributed by atoms with van der Waals surface area (Å²) in [4.78, 5) is 38.0. The Morgan fingerprint density at radius 2 is 0.541 bits per heavy atom. The number of esters is 3. The zero-order valence-electron chi connectivity index (χ0n) is 41.8. The third-order valence-electron chi connectivity index (χ3n) is 12.5. The summed E-state index contributed by atoms with van der Waals surface area (Å²) in [5.41, 5.74) is 0. The van der Waals surface area contributed by atoms with E-state index in [1.54, 1.807) is 0 Å². The second-order valence-corrected chi connectivity index (χ2v) is 19.8. The standard InChI is InChI=1S/C55H106O6/c1-6-7-8-9-10-11-25-32-37-42-47-55(58)61-52(49-60-54(57)46-41-36-31-27-22-18-20-24-29-34-39-44-51(4)5)48-59-53(56)45-40-35-30-26-21-17-15-13-12-14-16-19-23-28-33-38-43-50(2)3/h50-52H,6-49H2,1-5H3/t52-/m1/s1. The Kier molecular flexibility index (Phi) is 46.6. The van der Waals surface area contributed by atoms with Crippen LogP contribution in [0.25, 0.3) is 0 Å². The number of hydrogen-bond donors (Lipinski definition) is 0. The van der Waals surface area contributed by atoms with Crippen LogP contribution >= 0.6 is 0 Å². The molecule has 0 radical (unpaired) electrons. The minimum Gasteiger partial charge on any atom is -0.462 e. The fourth-order valence-corrected chi connectivity index (χ4v) is 8.34. The highest BCUT2D eigenvalue weighted by atomic mass is 16.6. The fourth-order valence-electron chi connectivity index (χ4n) is 8.34. The van der Waals surface area contributed by atoms with Gasteiger partial charge in [0.15, 0.2) is 6.10 Å². The van der Waals surface area contributed by atoms with Crippen molar-refractivity contribution in [3.8, 4) is 0 Å². The zero-order chi connectivity index (χ0) is 44.7. The highest BCUT2D eigenvalue weighted by Crippen LogP contribution is 2.18. The maximum absolute atomic E-state index is 12.8. The molecule has 0 spiro atoms. The largest absolute Gasteiger partial charge is 0.462 e. The Balaban J connectivity index is 4.22. The molecule has 0 aromatic carbocycles. The van der Waals surface area contributed by atoms with Gasteiger partial charge in [-0.3, -0.25) is 14.4 Å². The molecular formula is C55H106O6. The van der Waals surface area contributed by atoms with Gasteiger partial charge in [0.1, 0.15) is 13.2 Å². The van der Waals surface area contributed by atoms with Crippen LogP contribution in [0.3, 0.4) is 0 Å². The normalized spacial score (nSPS) is 12.0. The number of ether oxygens (including phenoxy) is 3. The average molecular weight is 863 g/mol. The minimum atomic E-state index is -0.761. The van der Waals surface area contributed by atoms with E-state index >= 15 is 0 Å². The van der Waals surface area contributed by atoms with Crippen molar-refractivity contribution in [3.63, 3.8) is 0 Å². The van der Waals surface area contributed by atoms with Gasteiger partial charge in [0.2, 0.25) is 0 Å². The van der Waals surface area contributed by atoms with Gasteiger partial charge in [-0.15, -0.1) is 0 Å². The molecule has 0 N–H and O–H groups in total. The smallest absolute Gasteiger partial charge is 0.306 e. The van der Waals surface area contributed by atoms with Crippen LogP contribution in [0.4, 0.5) is 0 Å². The van der Waals surface area contributed by atoms with Gasteiger partial charge >= 0.3 is 17.9 Å². The quantitative estimate of drug-likeness (QED) is 0.0344. The van der Waals surface area contributed by atoms with E-state index in [2.05, 4.69) is 34.6 Å². The highest BCUT2D eigenvalue weighted by Gasteiger charge is 2.19. The van der Waals surface area contributed by atoms with E-state index in [-0.39, 0.29) is 31.1 Å². The lowest BCUT2D eigenvalue weighted by atomic mass is 10.0. The topological polar surface area (TPSA) is 78.9 Å². The molecular weight excluding hydrogens is 757 g/mol. The zero-order valence-corrected chi connectivity index (χ0v) is 41.8. The van der Waals surface area contributed by atoms with Crippen molar-refractivity contribution in [2.75, 3.05) is 13.2 Å². The summed E-state index contributed by atoms with van der Waals surface area (Å²) in [6.07, 6.45) is 49.5. The average Bonchev–Trinajstić information content (AvgIpc) is 3.23. The Morgan fingerprint density at radius 3 is 0.803 bits per heavy atom. The number of carbonyl (C=O) groups excluding carboxylic acids is 3. The molecule has 0 fully saturated rings. The van der Waals surface area contributed by atoms with Crippen molar-refractivity contribution in [3.05, 3.63) is 0 Å². The first-order chi connectivity index (χ1) is 29.7. The van der Waals surface area contributed by atoms with Crippen molar-refractivity contribution < 1.29 is 28.6 Å². The number of hydrogen-bond acceptors (Lipinski definition) is 6. The van der Waals surface area contributed by atoms with Crippen molar-refractivity contribution >= 4 is 17.9 Å². The second-order valence-electron chi connectivity index (χ2n) is 19.8. The fraction of sp³-hybridized carbons (Fsp3) is 0.945. The first kappa shape index (κ1) is 59.4. The van der Waals surface area contributed by atoms with E-state index in [9.17, 15) is 14.4 Å². The summed E-state index contributed by atoms with van der Waals surface area (Å²) in [6, 6.07) is 0. The van der Waals surface area contributed by atoms with Crippen LogP contribution in [-0.4, -0.2) is 37.2 Å². The molecule has 0 rings (SSSR count). The predicted molar refractivity (Wildman–Crippen MR) is 261 cm³/mol. The number of unbranched alkanes of at least 4 members (excludes halogenated alkanes) is 34. The lowest BCUT2D eigenvalue weighted by molar-refractivity contribution is -0.167. The summed E-state index contributed by atoms with van der Waals surface area (Å²) in [5, 5.41) is 0. The molecule has 6 heteroatoms. The monoisotopic (exact) mass is 863 g/mol. The molecule has 0 saturated heterocycles. The Morgan fingerprint density at radius 1 is 0.311 bits per heavy atom. The van der Waals surface area contributed by atoms with Crippen molar-refractivity contribution in [2.24, 2.45) is 11.8 Å². The lowest BCUT2D eigenvalue weighted by Gasteiger charge is -2.18. The van der Waals surface area contributed by atoms with Gasteiger partial charge < -0.3 is 14.2 Å². The molecule has 61 heavy (non-hydrogen) atoms. The van der Waals surface area contributed by atoms with Gasteiger partial charge in [-0.05, 0) is 31.1 Å². The summed E-state index contributed by atoms with van der Waals surface area (Å²) in [5.74, 6) is 0.834. The van der Waals surface area contributed by atoms with Crippen LogP contribution in [0.15, 0.2) is 0 Å². The third kappa shape index (κ3) is 49.3. The molecule has 0 unspecified atom stereocenters. The Labute approximate surface area is 380 Å². The maximum Gasteiger partial charge on any atom is 0.306 e. The van der Waals surface area contributed by atoms with Crippen molar-refractivity contribution in [1.29, 1.82) is 0 Å².